The fourth-order valence-corrected chi connectivity index (χ4v) is 1.48. The summed E-state index contributed by atoms with van der Waals surface area (Å²) in [4.78, 5) is 20.4. The van der Waals surface area contributed by atoms with Crippen LogP contribution in [0.4, 0.5) is 5.69 Å². The van der Waals surface area contributed by atoms with Gasteiger partial charge in [0.2, 0.25) is 0 Å². The second-order valence-corrected chi connectivity index (χ2v) is 3.24. The number of carboxylic acids is 1. The number of nitro groups is 1. The van der Waals surface area contributed by atoms with Crippen LogP contribution in [0.1, 0.15) is 11.1 Å². The van der Waals surface area contributed by atoms with Crippen LogP contribution in [0.15, 0.2) is 12.1 Å². The molecule has 7 heteroatoms. The summed E-state index contributed by atoms with van der Waals surface area (Å²) in [5.74, 6) is -1.21. The Morgan fingerprint density at radius 2 is 2.25 bits per heavy atom. The van der Waals surface area contributed by atoms with E-state index in [0.717, 1.165) is 6.07 Å². The monoisotopic (exact) mass is 240 g/mol. The normalized spacial score (nSPS) is 9.50. The lowest BCUT2D eigenvalue weighted by Crippen LogP contribution is -2.04. The second kappa shape index (κ2) is 4.59. The SMILES string of the molecule is N#Cc1ccc([N+](=O)[O-])c(Cl)c1CC(=O)O. The average Bonchev–Trinajstić information content (AvgIpc) is 2.19. The first-order chi connectivity index (χ1) is 7.47. The van der Waals surface area contributed by atoms with Gasteiger partial charge in [-0.2, -0.15) is 5.26 Å². The van der Waals surface area contributed by atoms with Crippen LogP contribution in [0.2, 0.25) is 5.02 Å². The smallest absolute Gasteiger partial charge is 0.307 e. The van der Waals surface area contributed by atoms with E-state index in [9.17, 15) is 14.9 Å². The van der Waals surface area contributed by atoms with Gasteiger partial charge in [-0.05, 0) is 6.07 Å². The Labute approximate surface area is 94.8 Å². The maximum atomic E-state index is 10.6. The highest BCUT2D eigenvalue weighted by Crippen LogP contribution is 2.30. The van der Waals surface area contributed by atoms with E-state index in [1.807, 2.05) is 0 Å². The number of rotatable bonds is 3. The third kappa shape index (κ3) is 2.27. The molecule has 0 fully saturated rings. The number of nitrogens with zero attached hydrogens (tertiary/aromatic N) is 2. The van der Waals surface area contributed by atoms with Crippen LogP contribution in [0, 0.1) is 21.4 Å². The number of carboxylic acid groups (broad SMARTS) is 1. The second-order valence-electron chi connectivity index (χ2n) is 2.86. The van der Waals surface area contributed by atoms with E-state index in [-0.39, 0.29) is 16.1 Å². The Morgan fingerprint density at radius 1 is 1.62 bits per heavy atom. The van der Waals surface area contributed by atoms with Crippen LogP contribution in [0.25, 0.3) is 0 Å². The summed E-state index contributed by atoms with van der Waals surface area (Å²) in [7, 11) is 0. The van der Waals surface area contributed by atoms with E-state index in [1.54, 1.807) is 6.07 Å². The number of nitriles is 1. The lowest BCUT2D eigenvalue weighted by molar-refractivity contribution is -0.384. The van der Waals surface area contributed by atoms with Crippen LogP contribution < -0.4 is 0 Å². The minimum Gasteiger partial charge on any atom is -0.481 e. The number of aliphatic carboxylic acids is 1. The number of hydrogen-bond acceptors (Lipinski definition) is 4. The Kier molecular flexibility index (Phi) is 3.43. The molecule has 0 aromatic heterocycles. The minimum absolute atomic E-state index is 0.0259. The van der Waals surface area contributed by atoms with Crippen molar-refractivity contribution in [3.8, 4) is 6.07 Å². The van der Waals surface area contributed by atoms with Crippen molar-refractivity contribution in [1.29, 1.82) is 5.26 Å². The van der Waals surface area contributed by atoms with Gasteiger partial charge in [-0.3, -0.25) is 14.9 Å². The van der Waals surface area contributed by atoms with Crippen molar-refractivity contribution in [1.82, 2.24) is 0 Å². The number of hydrogen-bond donors (Lipinski definition) is 1. The van der Waals surface area contributed by atoms with Crippen molar-refractivity contribution in [2.24, 2.45) is 0 Å². The molecule has 0 amide bonds. The number of halogens is 1. The summed E-state index contributed by atoms with van der Waals surface area (Å²) in [5, 5.41) is 27.6. The molecule has 0 spiro atoms. The molecule has 0 saturated heterocycles. The van der Waals surface area contributed by atoms with Crippen molar-refractivity contribution in [3.05, 3.63) is 38.4 Å². The van der Waals surface area contributed by atoms with Gasteiger partial charge in [0, 0.05) is 11.6 Å². The molecule has 0 aliphatic carbocycles. The quantitative estimate of drug-likeness (QED) is 0.640. The van der Waals surface area contributed by atoms with Crippen molar-refractivity contribution in [2.75, 3.05) is 0 Å². The van der Waals surface area contributed by atoms with Crippen molar-refractivity contribution in [2.45, 2.75) is 6.42 Å². The van der Waals surface area contributed by atoms with Gasteiger partial charge < -0.3 is 5.11 Å². The lowest BCUT2D eigenvalue weighted by Gasteiger charge is -2.04. The fraction of sp³-hybridized carbons (Fsp3) is 0.111. The van der Waals surface area contributed by atoms with E-state index in [2.05, 4.69) is 0 Å². The lowest BCUT2D eigenvalue weighted by atomic mass is 10.0. The van der Waals surface area contributed by atoms with E-state index >= 15 is 0 Å². The average molecular weight is 241 g/mol. The first-order valence-electron chi connectivity index (χ1n) is 4.05. The van der Waals surface area contributed by atoms with Gasteiger partial charge in [-0.15, -0.1) is 0 Å². The zero-order valence-electron chi connectivity index (χ0n) is 7.81. The molecule has 1 aromatic rings. The molecule has 0 aliphatic rings. The van der Waals surface area contributed by atoms with Crippen molar-refractivity contribution >= 4 is 23.3 Å². The van der Waals surface area contributed by atoms with Gasteiger partial charge in [-0.25, -0.2) is 0 Å². The van der Waals surface area contributed by atoms with Crippen molar-refractivity contribution < 1.29 is 14.8 Å². The summed E-state index contributed by atoms with van der Waals surface area (Å²) in [6.07, 6.45) is -0.524. The van der Waals surface area contributed by atoms with Gasteiger partial charge in [-0.1, -0.05) is 11.6 Å². The first-order valence-corrected chi connectivity index (χ1v) is 4.42. The van der Waals surface area contributed by atoms with Crippen molar-refractivity contribution in [3.63, 3.8) is 0 Å². The highest BCUT2D eigenvalue weighted by molar-refractivity contribution is 6.33. The minimum atomic E-state index is -1.21. The number of nitro benzene ring substituents is 1. The van der Waals surface area contributed by atoms with Crippen LogP contribution in [0.5, 0.6) is 0 Å². The van der Waals surface area contributed by atoms with Gasteiger partial charge in [0.15, 0.2) is 0 Å². The molecule has 0 bridgehead atoms. The number of benzene rings is 1. The van der Waals surface area contributed by atoms with Gasteiger partial charge in [0.05, 0.1) is 23.0 Å². The maximum absolute atomic E-state index is 10.6. The van der Waals surface area contributed by atoms with Gasteiger partial charge >= 0.3 is 5.97 Å². The zero-order valence-corrected chi connectivity index (χ0v) is 8.56. The van der Waals surface area contributed by atoms with Gasteiger partial charge in [0.25, 0.3) is 5.69 Å². The van der Waals surface area contributed by atoms with E-state index < -0.39 is 23.0 Å². The van der Waals surface area contributed by atoms with E-state index in [1.165, 1.54) is 6.07 Å². The van der Waals surface area contributed by atoms with Crippen LogP contribution >= 0.6 is 11.6 Å². The molecule has 6 nitrogen and oxygen atoms in total. The number of carbonyl (C=O) groups is 1. The molecule has 0 unspecified atom stereocenters. The predicted molar refractivity (Wildman–Crippen MR) is 54.2 cm³/mol. The fourth-order valence-electron chi connectivity index (χ4n) is 1.18. The van der Waals surface area contributed by atoms with Crippen LogP contribution in [-0.2, 0) is 11.2 Å². The van der Waals surface area contributed by atoms with Crippen LogP contribution in [0.3, 0.4) is 0 Å². The highest BCUT2D eigenvalue weighted by atomic mass is 35.5. The van der Waals surface area contributed by atoms with Crippen LogP contribution in [-0.4, -0.2) is 16.0 Å². The largest absolute Gasteiger partial charge is 0.481 e. The Balaban J connectivity index is 3.41. The summed E-state index contributed by atoms with van der Waals surface area (Å²) in [6.45, 7) is 0. The third-order valence-electron chi connectivity index (χ3n) is 1.87. The summed E-state index contributed by atoms with van der Waals surface area (Å²) >= 11 is 5.68. The van der Waals surface area contributed by atoms with E-state index in [4.69, 9.17) is 22.0 Å². The molecule has 1 N–H and O–H groups in total. The molecule has 0 atom stereocenters. The highest BCUT2D eigenvalue weighted by Gasteiger charge is 2.20. The molecule has 0 aliphatic heterocycles. The van der Waals surface area contributed by atoms with Gasteiger partial charge in [0.1, 0.15) is 5.02 Å². The molecule has 0 heterocycles. The molecule has 1 rings (SSSR count). The molecule has 1 aromatic carbocycles. The Bertz CT molecular complexity index is 507. The standard InChI is InChI=1S/C9H5ClN2O4/c10-9-6(3-8(13)14)5(4-11)1-2-7(9)12(15)16/h1-2H,3H2,(H,13,14). The molecule has 82 valence electrons. The summed E-state index contributed by atoms with van der Waals surface area (Å²) < 4.78 is 0. The first kappa shape index (κ1) is 11.9. The summed E-state index contributed by atoms with van der Waals surface area (Å²) in [5.41, 5.74) is -0.416. The Hall–Kier alpha value is -2.13. The Morgan fingerprint density at radius 3 is 2.69 bits per heavy atom. The topological polar surface area (TPSA) is 104 Å². The van der Waals surface area contributed by atoms with E-state index in [0.29, 0.717) is 0 Å². The zero-order chi connectivity index (χ0) is 12.3. The molecular weight excluding hydrogens is 236 g/mol. The molecule has 0 radical (unpaired) electrons. The summed E-state index contributed by atoms with van der Waals surface area (Å²) in [6, 6.07) is 4.00. The molecule has 16 heavy (non-hydrogen) atoms. The maximum Gasteiger partial charge on any atom is 0.307 e. The third-order valence-corrected chi connectivity index (χ3v) is 2.29. The molecule has 0 saturated carbocycles. The predicted octanol–water partition coefficient (Wildman–Crippen LogP) is 1.75. The molecular formula is C9H5ClN2O4.